The van der Waals surface area contributed by atoms with Crippen molar-refractivity contribution in [3.63, 3.8) is 0 Å². The van der Waals surface area contributed by atoms with E-state index in [9.17, 15) is 8.78 Å². The molecule has 0 N–H and O–H groups in total. The van der Waals surface area contributed by atoms with Crippen LogP contribution in [0.2, 0.25) is 0 Å². The Morgan fingerprint density at radius 1 is 0.625 bits per heavy atom. The lowest BCUT2D eigenvalue weighted by molar-refractivity contribution is 0.627. The molecule has 3 heterocycles. The van der Waals surface area contributed by atoms with E-state index >= 15 is 0 Å². The Morgan fingerprint density at radius 3 is 1.41 bits per heavy atom. The molecule has 0 aliphatic carbocycles. The number of benzene rings is 2. The maximum atomic E-state index is 14.2. The second kappa shape index (κ2) is 7.87. The molecule has 4 aromatic rings. The quantitative estimate of drug-likeness (QED) is 0.254. The Balaban J connectivity index is 1.88. The van der Waals surface area contributed by atoms with Crippen molar-refractivity contribution in [3.8, 4) is 0 Å². The number of nitrogens with zero attached hydrogens (tertiary/aromatic N) is 2. The smallest absolute Gasteiger partial charge is 0.126 e. The largest absolute Gasteiger partial charge is 0.236 e. The zero-order valence-electron chi connectivity index (χ0n) is 18.1. The normalized spacial score (nSPS) is 13.1. The molecule has 5 rings (SSSR count). The van der Waals surface area contributed by atoms with Crippen LogP contribution in [0.3, 0.4) is 0 Å². The number of hydrogen-bond acceptors (Lipinski definition) is 4. The second-order valence-electron chi connectivity index (χ2n) is 7.87. The third-order valence-electron chi connectivity index (χ3n) is 5.83. The summed E-state index contributed by atoms with van der Waals surface area (Å²) in [5, 5.41) is 1.60. The summed E-state index contributed by atoms with van der Waals surface area (Å²) in [7, 11) is 0. The summed E-state index contributed by atoms with van der Waals surface area (Å²) < 4.78 is 28.3. The zero-order chi connectivity index (χ0) is 22.6. The summed E-state index contributed by atoms with van der Waals surface area (Å²) in [5.41, 5.74) is 6.81. The summed E-state index contributed by atoms with van der Waals surface area (Å²) in [6.45, 7) is 8.20. The zero-order valence-corrected chi connectivity index (χ0v) is 19.7. The maximum absolute atomic E-state index is 14.2. The fourth-order valence-electron chi connectivity index (χ4n) is 3.94. The summed E-state index contributed by atoms with van der Waals surface area (Å²) in [6, 6.07) is 13.1. The topological polar surface area (TPSA) is 24.7 Å². The molecular weight excluding hydrogens is 442 g/mol. The third kappa shape index (κ3) is 3.44. The predicted octanol–water partition coefficient (Wildman–Crippen LogP) is 7.97. The van der Waals surface area contributed by atoms with Crippen LogP contribution >= 0.6 is 22.7 Å². The average Bonchev–Trinajstić information content (AvgIpc) is 3.17. The lowest BCUT2D eigenvalue weighted by Crippen LogP contribution is -2.10. The van der Waals surface area contributed by atoms with Gasteiger partial charge in [-0.15, -0.1) is 22.7 Å². The van der Waals surface area contributed by atoms with Gasteiger partial charge in [-0.3, -0.25) is 0 Å². The number of thiophene rings is 2. The number of fused-ring (bicyclic) bond motifs is 2. The molecule has 6 heteroatoms. The van der Waals surface area contributed by atoms with Crippen molar-refractivity contribution in [2.24, 2.45) is 9.98 Å². The standard InChI is InChI=1S/C26H20F2N2S2/c1-13-15(3)31-25-21(13)23(17-7-5-9-19(27)11-17)29-26-22(14(2)16(4)32-26)24(30-25)18-8-6-10-20(28)12-18/h5-12H,1-4H3. The molecule has 0 atom stereocenters. The maximum Gasteiger partial charge on any atom is 0.126 e. The van der Waals surface area contributed by atoms with Crippen molar-refractivity contribution in [2.45, 2.75) is 27.7 Å². The molecule has 0 radical (unpaired) electrons. The minimum atomic E-state index is -0.305. The SMILES string of the molecule is Cc1sc2c(c1C)C(c1cccc(F)c1)=Nc1sc(C)c(C)c1C(c1cccc(F)c1)=N2. The van der Waals surface area contributed by atoms with Crippen LogP contribution in [-0.2, 0) is 0 Å². The lowest BCUT2D eigenvalue weighted by atomic mass is 9.96. The summed E-state index contributed by atoms with van der Waals surface area (Å²) in [4.78, 5) is 12.5. The van der Waals surface area contributed by atoms with Crippen LogP contribution in [-0.4, -0.2) is 11.4 Å². The highest BCUT2D eigenvalue weighted by molar-refractivity contribution is 7.17. The molecule has 32 heavy (non-hydrogen) atoms. The molecule has 2 aromatic heterocycles. The van der Waals surface area contributed by atoms with E-state index in [0.29, 0.717) is 22.6 Å². The van der Waals surface area contributed by atoms with Gasteiger partial charge >= 0.3 is 0 Å². The van der Waals surface area contributed by atoms with Crippen molar-refractivity contribution >= 4 is 44.1 Å². The molecule has 2 aromatic carbocycles. The van der Waals surface area contributed by atoms with Crippen LogP contribution in [0.5, 0.6) is 0 Å². The van der Waals surface area contributed by atoms with Gasteiger partial charge in [-0.2, -0.15) is 0 Å². The number of aryl methyl sites for hydroxylation is 2. The van der Waals surface area contributed by atoms with Crippen LogP contribution in [0.1, 0.15) is 43.1 Å². The highest BCUT2D eigenvalue weighted by atomic mass is 32.1. The number of hydrogen-bond donors (Lipinski definition) is 0. The summed E-state index contributed by atoms with van der Waals surface area (Å²) in [5.74, 6) is -0.609. The van der Waals surface area contributed by atoms with Crippen molar-refractivity contribution in [2.75, 3.05) is 0 Å². The van der Waals surface area contributed by atoms with Gasteiger partial charge in [0, 0.05) is 32.0 Å². The number of aliphatic imine (C=N–C) groups is 2. The van der Waals surface area contributed by atoms with Gasteiger partial charge in [-0.05, 0) is 63.1 Å². The molecule has 0 unspecified atom stereocenters. The Hall–Kier alpha value is -2.96. The van der Waals surface area contributed by atoms with Gasteiger partial charge in [0.2, 0.25) is 0 Å². The van der Waals surface area contributed by atoms with E-state index in [0.717, 1.165) is 42.0 Å². The molecule has 0 amide bonds. The summed E-state index contributed by atoms with van der Waals surface area (Å²) >= 11 is 3.16. The molecule has 0 bridgehead atoms. The van der Waals surface area contributed by atoms with Gasteiger partial charge in [0.1, 0.15) is 21.6 Å². The van der Waals surface area contributed by atoms with E-state index < -0.39 is 0 Å². The fraction of sp³-hybridized carbons (Fsp3) is 0.154. The van der Waals surface area contributed by atoms with Crippen LogP contribution in [0.15, 0.2) is 58.5 Å². The lowest BCUT2D eigenvalue weighted by Gasteiger charge is -2.15. The molecule has 0 spiro atoms. The van der Waals surface area contributed by atoms with Gasteiger partial charge in [0.05, 0.1) is 11.4 Å². The minimum absolute atomic E-state index is 0.305. The monoisotopic (exact) mass is 462 g/mol. The first-order valence-electron chi connectivity index (χ1n) is 10.2. The van der Waals surface area contributed by atoms with E-state index in [4.69, 9.17) is 9.98 Å². The highest BCUT2D eigenvalue weighted by Gasteiger charge is 2.27. The van der Waals surface area contributed by atoms with E-state index in [1.807, 2.05) is 26.0 Å². The highest BCUT2D eigenvalue weighted by Crippen LogP contribution is 2.44. The van der Waals surface area contributed by atoms with E-state index in [-0.39, 0.29) is 11.6 Å². The predicted molar refractivity (Wildman–Crippen MR) is 131 cm³/mol. The molecular formula is C26H20F2N2S2. The van der Waals surface area contributed by atoms with Crippen molar-refractivity contribution in [3.05, 3.63) is 103 Å². The minimum Gasteiger partial charge on any atom is -0.236 e. The van der Waals surface area contributed by atoms with Crippen molar-refractivity contribution < 1.29 is 8.78 Å². The van der Waals surface area contributed by atoms with E-state index in [1.54, 1.807) is 34.8 Å². The first-order chi connectivity index (χ1) is 15.3. The van der Waals surface area contributed by atoms with Crippen LogP contribution < -0.4 is 0 Å². The van der Waals surface area contributed by atoms with Crippen LogP contribution in [0.4, 0.5) is 18.8 Å². The Bertz CT molecular complexity index is 1330. The van der Waals surface area contributed by atoms with E-state index in [1.165, 1.54) is 24.3 Å². The summed E-state index contributed by atoms with van der Waals surface area (Å²) in [6.07, 6.45) is 0. The van der Waals surface area contributed by atoms with Gasteiger partial charge in [0.25, 0.3) is 0 Å². The Morgan fingerprint density at radius 2 is 1.03 bits per heavy atom. The van der Waals surface area contributed by atoms with E-state index in [2.05, 4.69) is 13.8 Å². The average molecular weight is 463 g/mol. The van der Waals surface area contributed by atoms with Crippen molar-refractivity contribution in [1.29, 1.82) is 0 Å². The van der Waals surface area contributed by atoms with Gasteiger partial charge < -0.3 is 0 Å². The molecule has 160 valence electrons. The van der Waals surface area contributed by atoms with Gasteiger partial charge in [-0.25, -0.2) is 18.8 Å². The molecule has 0 saturated heterocycles. The third-order valence-corrected chi connectivity index (χ3v) is 8.03. The first kappa shape index (κ1) is 20.9. The van der Waals surface area contributed by atoms with Crippen LogP contribution in [0, 0.1) is 39.3 Å². The number of rotatable bonds is 2. The molecule has 1 aliphatic rings. The van der Waals surface area contributed by atoms with Crippen LogP contribution in [0.25, 0.3) is 0 Å². The molecule has 0 fully saturated rings. The Kier molecular flexibility index (Phi) is 5.14. The fourth-order valence-corrected chi connectivity index (χ4v) is 6.01. The number of halogens is 2. The Labute approximate surface area is 193 Å². The van der Waals surface area contributed by atoms with Gasteiger partial charge in [-0.1, -0.05) is 24.3 Å². The van der Waals surface area contributed by atoms with Crippen molar-refractivity contribution in [1.82, 2.24) is 0 Å². The molecule has 0 saturated carbocycles. The second-order valence-corrected chi connectivity index (χ2v) is 10.3. The molecule has 2 nitrogen and oxygen atoms in total. The molecule has 1 aliphatic heterocycles. The first-order valence-corrected chi connectivity index (χ1v) is 11.9. The van der Waals surface area contributed by atoms with Gasteiger partial charge in [0.15, 0.2) is 0 Å².